The molecule has 0 saturated carbocycles. The van der Waals surface area contributed by atoms with Crippen LogP contribution in [0.15, 0.2) is 48.5 Å². The number of carbonyl (C=O) groups is 1. The third-order valence-electron chi connectivity index (χ3n) is 3.41. The van der Waals surface area contributed by atoms with Gasteiger partial charge in [-0.3, -0.25) is 4.79 Å². The summed E-state index contributed by atoms with van der Waals surface area (Å²) in [6, 6.07) is 14.2. The summed E-state index contributed by atoms with van der Waals surface area (Å²) < 4.78 is 13.1. The van der Waals surface area contributed by atoms with Gasteiger partial charge in [0, 0.05) is 11.3 Å². The smallest absolute Gasteiger partial charge is 0.279 e. The molecule has 2 rings (SSSR count). The summed E-state index contributed by atoms with van der Waals surface area (Å²) in [6.07, 6.45) is 0. The van der Waals surface area contributed by atoms with Crippen molar-refractivity contribution >= 4 is 23.2 Å². The monoisotopic (exact) mass is 321 g/mol. The van der Waals surface area contributed by atoms with Crippen molar-refractivity contribution in [1.29, 1.82) is 0 Å². The Hall–Kier alpha value is -1.91. The van der Waals surface area contributed by atoms with E-state index in [4.69, 9.17) is 11.6 Å². The molecule has 0 heterocycles. The van der Waals surface area contributed by atoms with Crippen molar-refractivity contribution in [1.82, 2.24) is 0 Å². The van der Waals surface area contributed by atoms with Crippen LogP contribution in [0.3, 0.4) is 0 Å². The van der Waals surface area contributed by atoms with Gasteiger partial charge in [0.1, 0.15) is 12.4 Å². The zero-order valence-corrected chi connectivity index (χ0v) is 13.2. The molecule has 1 amide bonds. The molecule has 2 aromatic carbocycles. The maximum atomic E-state index is 13.1. The van der Waals surface area contributed by atoms with Gasteiger partial charge in [0.2, 0.25) is 0 Å². The van der Waals surface area contributed by atoms with Gasteiger partial charge < -0.3 is 10.2 Å². The van der Waals surface area contributed by atoms with Crippen LogP contribution in [-0.4, -0.2) is 19.0 Å². The summed E-state index contributed by atoms with van der Waals surface area (Å²) in [5, 5.41) is 2.75. The predicted octanol–water partition coefficient (Wildman–Crippen LogP) is 2.52. The lowest BCUT2D eigenvalue weighted by molar-refractivity contribution is -0.903. The number of hydrogen-bond donors (Lipinski definition) is 2. The maximum Gasteiger partial charge on any atom is 0.279 e. The Kier molecular flexibility index (Phi) is 5.92. The minimum atomic E-state index is -0.496. The number of anilines is 1. The summed E-state index contributed by atoms with van der Waals surface area (Å²) in [5.41, 5.74) is 1.70. The Morgan fingerprint density at radius 2 is 1.95 bits per heavy atom. The first kappa shape index (κ1) is 16.5. The van der Waals surface area contributed by atoms with Crippen LogP contribution in [0.2, 0.25) is 5.02 Å². The first-order valence-corrected chi connectivity index (χ1v) is 7.58. The highest BCUT2D eigenvalue weighted by atomic mass is 35.5. The molecule has 116 valence electrons. The molecule has 5 heteroatoms. The minimum Gasteiger partial charge on any atom is -0.324 e. The van der Waals surface area contributed by atoms with Gasteiger partial charge in [-0.05, 0) is 25.1 Å². The third kappa shape index (κ3) is 4.83. The van der Waals surface area contributed by atoms with Crippen LogP contribution in [0, 0.1) is 5.82 Å². The van der Waals surface area contributed by atoms with Gasteiger partial charge in [0.15, 0.2) is 6.54 Å². The van der Waals surface area contributed by atoms with Gasteiger partial charge in [0.25, 0.3) is 5.91 Å². The lowest BCUT2D eigenvalue weighted by atomic mass is 10.2. The van der Waals surface area contributed by atoms with E-state index >= 15 is 0 Å². The average molecular weight is 322 g/mol. The van der Waals surface area contributed by atoms with E-state index in [-0.39, 0.29) is 10.9 Å². The molecule has 1 atom stereocenters. The number of amides is 1. The van der Waals surface area contributed by atoms with Crippen LogP contribution in [0.5, 0.6) is 0 Å². The van der Waals surface area contributed by atoms with Gasteiger partial charge in [-0.25, -0.2) is 4.39 Å². The zero-order chi connectivity index (χ0) is 15.9. The van der Waals surface area contributed by atoms with E-state index in [9.17, 15) is 9.18 Å². The standard InChI is InChI=1S/C17H18ClFN2O/c1-2-21(11-13-6-4-3-5-7-13)12-17(22)20-14-8-9-16(19)15(18)10-14/h3-10H,2,11-12H2,1H3,(H,20,22)/p+1. The Bertz CT molecular complexity index is 634. The minimum absolute atomic E-state index is 0.00165. The van der Waals surface area contributed by atoms with Crippen LogP contribution in [-0.2, 0) is 11.3 Å². The van der Waals surface area contributed by atoms with E-state index in [0.717, 1.165) is 18.0 Å². The first-order valence-electron chi connectivity index (χ1n) is 7.21. The van der Waals surface area contributed by atoms with Gasteiger partial charge >= 0.3 is 0 Å². The summed E-state index contributed by atoms with van der Waals surface area (Å²) in [6.45, 7) is 4.02. The number of halogens is 2. The molecule has 0 saturated heterocycles. The van der Waals surface area contributed by atoms with E-state index in [2.05, 4.69) is 5.32 Å². The Balaban J connectivity index is 1.93. The predicted molar refractivity (Wildman–Crippen MR) is 86.6 cm³/mol. The molecule has 2 aromatic rings. The normalized spacial score (nSPS) is 12.0. The zero-order valence-electron chi connectivity index (χ0n) is 12.4. The van der Waals surface area contributed by atoms with Crippen LogP contribution in [0.4, 0.5) is 10.1 Å². The summed E-state index contributed by atoms with van der Waals surface area (Å²) in [5.74, 6) is -0.611. The molecule has 0 fully saturated rings. The molecule has 0 bridgehead atoms. The Labute approximate surface area is 134 Å². The highest BCUT2D eigenvalue weighted by Gasteiger charge is 2.13. The fraction of sp³-hybridized carbons (Fsp3) is 0.235. The van der Waals surface area contributed by atoms with Crippen LogP contribution >= 0.6 is 11.6 Å². The number of nitrogens with one attached hydrogen (secondary N) is 2. The van der Waals surface area contributed by atoms with E-state index in [1.807, 2.05) is 37.3 Å². The summed E-state index contributed by atoms with van der Waals surface area (Å²) >= 11 is 5.71. The highest BCUT2D eigenvalue weighted by Crippen LogP contribution is 2.19. The quantitative estimate of drug-likeness (QED) is 0.842. The molecule has 0 spiro atoms. The molecule has 0 aliphatic heterocycles. The number of carbonyl (C=O) groups excluding carboxylic acids is 1. The molecule has 2 N–H and O–H groups in total. The van der Waals surface area contributed by atoms with Gasteiger partial charge in [-0.15, -0.1) is 0 Å². The van der Waals surface area contributed by atoms with Crippen LogP contribution in [0.25, 0.3) is 0 Å². The molecular formula is C17H19ClFN2O+. The SMILES string of the molecule is CC[NH+](CC(=O)Nc1ccc(F)c(Cl)c1)Cc1ccccc1. The van der Waals surface area contributed by atoms with Crippen LogP contribution in [0.1, 0.15) is 12.5 Å². The molecule has 0 radical (unpaired) electrons. The number of likely N-dealkylation sites (N-methyl/N-ethyl adjacent to an activating group) is 1. The van der Waals surface area contributed by atoms with Crippen molar-refractivity contribution in [2.75, 3.05) is 18.4 Å². The van der Waals surface area contributed by atoms with E-state index in [1.54, 1.807) is 0 Å². The third-order valence-corrected chi connectivity index (χ3v) is 3.70. The van der Waals surface area contributed by atoms with Crippen molar-refractivity contribution in [3.05, 3.63) is 64.9 Å². The second-order valence-corrected chi connectivity index (χ2v) is 5.53. The van der Waals surface area contributed by atoms with E-state index in [1.165, 1.54) is 23.8 Å². The molecule has 22 heavy (non-hydrogen) atoms. The van der Waals surface area contributed by atoms with E-state index < -0.39 is 5.82 Å². The van der Waals surface area contributed by atoms with Crippen molar-refractivity contribution in [3.8, 4) is 0 Å². The Morgan fingerprint density at radius 3 is 2.59 bits per heavy atom. The summed E-state index contributed by atoms with van der Waals surface area (Å²) in [4.78, 5) is 13.2. The van der Waals surface area contributed by atoms with Crippen molar-refractivity contribution in [2.45, 2.75) is 13.5 Å². The molecule has 0 aliphatic rings. The van der Waals surface area contributed by atoms with Crippen LogP contribution < -0.4 is 10.2 Å². The maximum absolute atomic E-state index is 13.1. The molecular weight excluding hydrogens is 303 g/mol. The van der Waals surface area contributed by atoms with Crippen molar-refractivity contribution in [3.63, 3.8) is 0 Å². The van der Waals surface area contributed by atoms with Gasteiger partial charge in [-0.2, -0.15) is 0 Å². The molecule has 1 unspecified atom stereocenters. The van der Waals surface area contributed by atoms with Crippen molar-refractivity contribution < 1.29 is 14.1 Å². The van der Waals surface area contributed by atoms with Gasteiger partial charge in [-0.1, -0.05) is 41.9 Å². The Morgan fingerprint density at radius 1 is 1.23 bits per heavy atom. The second kappa shape index (κ2) is 7.92. The topological polar surface area (TPSA) is 33.5 Å². The molecule has 0 aromatic heterocycles. The molecule has 3 nitrogen and oxygen atoms in total. The van der Waals surface area contributed by atoms with Crippen molar-refractivity contribution in [2.24, 2.45) is 0 Å². The fourth-order valence-corrected chi connectivity index (χ4v) is 2.38. The number of hydrogen-bond acceptors (Lipinski definition) is 1. The van der Waals surface area contributed by atoms with E-state index in [0.29, 0.717) is 12.2 Å². The highest BCUT2D eigenvalue weighted by molar-refractivity contribution is 6.31. The largest absolute Gasteiger partial charge is 0.324 e. The lowest BCUT2D eigenvalue weighted by Crippen LogP contribution is -3.11. The second-order valence-electron chi connectivity index (χ2n) is 5.12. The average Bonchev–Trinajstić information content (AvgIpc) is 2.51. The first-order chi connectivity index (χ1) is 10.6. The fourth-order valence-electron chi connectivity index (χ4n) is 2.20. The lowest BCUT2D eigenvalue weighted by Gasteiger charge is -2.17. The van der Waals surface area contributed by atoms with Gasteiger partial charge in [0.05, 0.1) is 11.6 Å². The number of rotatable bonds is 6. The summed E-state index contributed by atoms with van der Waals surface area (Å²) in [7, 11) is 0. The molecule has 0 aliphatic carbocycles. The number of benzene rings is 2. The number of quaternary nitrogens is 1.